The summed E-state index contributed by atoms with van der Waals surface area (Å²) in [5.41, 5.74) is 3.65. The zero-order valence-electron chi connectivity index (χ0n) is 23.3. The van der Waals surface area contributed by atoms with Gasteiger partial charge in [0, 0.05) is 29.1 Å². The number of carbonyl (C=O) groups excluding carboxylic acids is 1. The number of nitrogens with zero attached hydrogens (tertiary/aromatic N) is 1. The molecule has 1 amide bonds. The van der Waals surface area contributed by atoms with E-state index in [2.05, 4.69) is 27.6 Å². The summed E-state index contributed by atoms with van der Waals surface area (Å²) >= 11 is 6.39. The highest BCUT2D eigenvalue weighted by molar-refractivity contribution is 8.00. The van der Waals surface area contributed by atoms with Crippen LogP contribution >= 0.6 is 11.6 Å². The second kappa shape index (κ2) is 10.1. The van der Waals surface area contributed by atoms with Crippen LogP contribution in [0.25, 0.3) is 0 Å². The van der Waals surface area contributed by atoms with Gasteiger partial charge in [0.05, 0.1) is 32.9 Å². The normalized spacial score (nSPS) is 34.0. The van der Waals surface area contributed by atoms with Crippen LogP contribution in [0.15, 0.2) is 48.6 Å². The molecular formula is C32H39ClN2O4S. The molecule has 2 N–H and O–H groups in total. The Morgan fingerprint density at radius 3 is 2.80 bits per heavy atom. The van der Waals surface area contributed by atoms with Gasteiger partial charge in [0.1, 0.15) is 5.75 Å². The molecule has 2 bridgehead atoms. The molecule has 214 valence electrons. The Morgan fingerprint density at radius 2 is 2.02 bits per heavy atom. The smallest absolute Gasteiger partial charge is 0.262 e. The van der Waals surface area contributed by atoms with Crippen LogP contribution in [0.3, 0.4) is 0 Å². The minimum Gasteiger partial charge on any atom is -0.490 e. The second-order valence-electron chi connectivity index (χ2n) is 12.8. The monoisotopic (exact) mass is 582 g/mol. The van der Waals surface area contributed by atoms with E-state index in [9.17, 15) is 14.1 Å². The molecule has 0 saturated heterocycles. The van der Waals surface area contributed by atoms with Crippen molar-refractivity contribution in [1.82, 2.24) is 4.72 Å². The lowest BCUT2D eigenvalue weighted by Gasteiger charge is -2.45. The molecule has 1 fully saturated rings. The van der Waals surface area contributed by atoms with Gasteiger partial charge >= 0.3 is 0 Å². The lowest BCUT2D eigenvalue weighted by Crippen LogP contribution is -2.49. The number of anilines is 1. The number of carbonyl (C=O) groups is 1. The summed E-state index contributed by atoms with van der Waals surface area (Å²) in [7, 11) is -3.00. The van der Waals surface area contributed by atoms with Crippen LogP contribution in [0, 0.1) is 11.8 Å². The van der Waals surface area contributed by atoms with Gasteiger partial charge in [0.15, 0.2) is 0 Å². The summed E-state index contributed by atoms with van der Waals surface area (Å²) < 4.78 is 22.1. The van der Waals surface area contributed by atoms with Crippen molar-refractivity contribution >= 4 is 38.8 Å². The number of ether oxygens (including phenoxy) is 1. The van der Waals surface area contributed by atoms with E-state index in [1.807, 2.05) is 44.2 Å². The minimum atomic E-state index is -3.00. The highest BCUT2D eigenvalue weighted by Crippen LogP contribution is 2.46. The summed E-state index contributed by atoms with van der Waals surface area (Å²) in [6.45, 7) is 5.72. The lowest BCUT2D eigenvalue weighted by molar-refractivity contribution is 0.0456. The average Bonchev–Trinajstić information content (AvgIpc) is 3.02. The number of amides is 1. The number of halogens is 1. The maximum absolute atomic E-state index is 13.6. The van der Waals surface area contributed by atoms with E-state index in [1.165, 1.54) is 11.1 Å². The van der Waals surface area contributed by atoms with Gasteiger partial charge in [-0.25, -0.2) is 4.21 Å². The molecule has 2 heterocycles. The van der Waals surface area contributed by atoms with Crippen LogP contribution in [-0.4, -0.2) is 51.6 Å². The van der Waals surface area contributed by atoms with Gasteiger partial charge < -0.3 is 14.7 Å². The summed E-state index contributed by atoms with van der Waals surface area (Å²) in [5, 5.41) is 11.9. The summed E-state index contributed by atoms with van der Waals surface area (Å²) in [5.74, 6) is 4.72. The fraction of sp³-hybridized carbons (Fsp3) is 0.500. The summed E-state index contributed by atoms with van der Waals surface area (Å²) in [6, 6.07) is 11.7. The second-order valence-corrected chi connectivity index (χ2v) is 15.9. The Bertz CT molecular complexity index is 1470. The van der Waals surface area contributed by atoms with Crippen molar-refractivity contribution in [2.45, 2.75) is 68.6 Å². The first-order valence-electron chi connectivity index (χ1n) is 14.3. The first kappa shape index (κ1) is 27.7. The van der Waals surface area contributed by atoms with Crippen LogP contribution in [0.5, 0.6) is 5.75 Å². The molecule has 2 aliphatic heterocycles. The number of hydrogen-bond donors (Lipinski definition) is 2. The van der Waals surface area contributed by atoms with Gasteiger partial charge in [-0.05, 0) is 112 Å². The average molecular weight is 583 g/mol. The van der Waals surface area contributed by atoms with Crippen LogP contribution < -0.4 is 14.4 Å². The molecule has 0 aromatic heterocycles. The van der Waals surface area contributed by atoms with E-state index in [0.717, 1.165) is 61.7 Å². The predicted molar refractivity (Wildman–Crippen MR) is 163 cm³/mol. The number of fused-ring (bicyclic) bond motifs is 4. The quantitative estimate of drug-likeness (QED) is 0.326. The third-order valence-corrected chi connectivity index (χ3v) is 12.5. The number of rotatable bonds is 0. The molecule has 2 aromatic rings. The van der Waals surface area contributed by atoms with Crippen molar-refractivity contribution in [3.05, 3.63) is 70.3 Å². The number of aliphatic hydroxyl groups excluding tert-OH is 1. The highest BCUT2D eigenvalue weighted by atomic mass is 35.5. The van der Waals surface area contributed by atoms with Crippen molar-refractivity contribution in [1.29, 1.82) is 0 Å². The van der Waals surface area contributed by atoms with E-state index in [1.54, 1.807) is 6.07 Å². The largest absolute Gasteiger partial charge is 0.490 e. The first-order chi connectivity index (χ1) is 19.0. The SMILES string of the molecule is C=S1(=O)NC(=O)c2ccc3c(c2)N(C[C@@H]2CC[C@H]2[C@@H](O)/C=C/CC1(C)C)C[C@@]1(CCCc2cc(Cl)ccc21)CO3. The summed E-state index contributed by atoms with van der Waals surface area (Å²) in [4.78, 5) is 15.8. The van der Waals surface area contributed by atoms with Gasteiger partial charge in [-0.15, -0.1) is 0 Å². The van der Waals surface area contributed by atoms with E-state index >= 15 is 0 Å². The standard InChI is InChI=1S/C32H39ClN2O4S/c1-31(2)14-5-7-28(36)25-11-8-23(25)18-35-19-32(15-4-6-21-16-24(33)10-12-26(21)32)20-39-29-13-9-22(17-27(29)35)30(37)34-40(31,3)38/h5,7,9-10,12-13,16-17,23,25,28,36H,3-4,6,8,11,14-15,18-20H2,1-2H3,(H,34,37,38)/b7-5+/t23-,25+,28-,32-,40?/m0/s1. The molecule has 2 aliphatic carbocycles. The zero-order chi connectivity index (χ0) is 28.3. The fourth-order valence-corrected chi connectivity index (χ4v) is 8.18. The number of aryl methyl sites for hydroxylation is 1. The third kappa shape index (κ3) is 4.84. The number of allylic oxidation sites excluding steroid dienone is 1. The van der Waals surface area contributed by atoms with Gasteiger partial charge in [-0.2, -0.15) is 0 Å². The maximum atomic E-state index is 13.6. The van der Waals surface area contributed by atoms with Gasteiger partial charge in [0.25, 0.3) is 5.91 Å². The Hall–Kier alpha value is -2.48. The Balaban J connectivity index is 1.44. The Morgan fingerprint density at radius 1 is 1.20 bits per heavy atom. The molecule has 5 atom stereocenters. The Labute approximate surface area is 242 Å². The van der Waals surface area contributed by atoms with Gasteiger partial charge in [0.2, 0.25) is 0 Å². The molecule has 1 saturated carbocycles. The molecule has 1 spiro atoms. The number of hydrogen-bond acceptors (Lipinski definition) is 5. The molecule has 6 nitrogen and oxygen atoms in total. The van der Waals surface area contributed by atoms with E-state index in [4.69, 9.17) is 16.3 Å². The van der Waals surface area contributed by atoms with Crippen molar-refractivity contribution in [2.24, 2.45) is 11.8 Å². The van der Waals surface area contributed by atoms with Crippen LogP contribution in [0.1, 0.15) is 67.4 Å². The molecule has 0 radical (unpaired) electrons. The van der Waals surface area contributed by atoms with Gasteiger partial charge in [-0.1, -0.05) is 29.8 Å². The highest BCUT2D eigenvalue weighted by Gasteiger charge is 2.44. The minimum absolute atomic E-state index is 0.151. The zero-order valence-corrected chi connectivity index (χ0v) is 24.9. The number of nitrogens with one attached hydrogen (secondary N) is 1. The first-order valence-corrected chi connectivity index (χ1v) is 16.4. The molecule has 40 heavy (non-hydrogen) atoms. The Kier molecular flexibility index (Phi) is 6.99. The molecule has 2 aromatic carbocycles. The molecule has 8 heteroatoms. The fourth-order valence-electron chi connectivity index (χ4n) is 6.92. The predicted octanol–water partition coefficient (Wildman–Crippen LogP) is 5.30. The molecule has 6 rings (SSSR count). The van der Waals surface area contributed by atoms with E-state index in [0.29, 0.717) is 24.5 Å². The van der Waals surface area contributed by atoms with Crippen LogP contribution in [-0.2, 0) is 21.5 Å². The number of aliphatic hydroxyl groups is 1. The van der Waals surface area contributed by atoms with E-state index in [-0.39, 0.29) is 11.3 Å². The lowest BCUT2D eigenvalue weighted by atomic mass is 9.68. The summed E-state index contributed by atoms with van der Waals surface area (Å²) in [6.07, 6.45) is 8.66. The molecule has 1 unspecified atom stereocenters. The maximum Gasteiger partial charge on any atom is 0.262 e. The van der Waals surface area contributed by atoms with Crippen molar-refractivity contribution in [2.75, 3.05) is 24.6 Å². The van der Waals surface area contributed by atoms with Crippen molar-refractivity contribution in [3.63, 3.8) is 0 Å². The van der Waals surface area contributed by atoms with Crippen LogP contribution in [0.4, 0.5) is 5.69 Å². The van der Waals surface area contributed by atoms with Crippen molar-refractivity contribution in [3.8, 4) is 5.75 Å². The third-order valence-electron chi connectivity index (χ3n) is 9.76. The number of benzene rings is 2. The topological polar surface area (TPSA) is 78.9 Å². The van der Waals surface area contributed by atoms with E-state index < -0.39 is 26.5 Å². The van der Waals surface area contributed by atoms with Crippen molar-refractivity contribution < 1.29 is 18.8 Å². The van der Waals surface area contributed by atoms with Gasteiger partial charge in [-0.3, -0.25) is 9.52 Å². The molecule has 4 aliphatic rings. The molecular weight excluding hydrogens is 544 g/mol. The van der Waals surface area contributed by atoms with Crippen LogP contribution in [0.2, 0.25) is 5.02 Å².